The average Bonchev–Trinajstić information content (AvgIpc) is 2.93. The van der Waals surface area contributed by atoms with E-state index < -0.39 is 10.0 Å². The summed E-state index contributed by atoms with van der Waals surface area (Å²) >= 11 is 0. The number of carbonyl (C=O) groups excluding carboxylic acids is 1. The minimum absolute atomic E-state index is 0. The highest BCUT2D eigenvalue weighted by Gasteiger charge is 2.36. The van der Waals surface area contributed by atoms with Crippen LogP contribution < -0.4 is 5.32 Å². The maximum atomic E-state index is 13.1. The molecule has 0 saturated carbocycles. The summed E-state index contributed by atoms with van der Waals surface area (Å²) < 4.78 is 26.5. The Kier molecular flexibility index (Phi) is 6.62. The van der Waals surface area contributed by atoms with Crippen molar-refractivity contribution in [1.29, 1.82) is 0 Å². The molecule has 1 aromatic rings. The Bertz CT molecular complexity index is 814. The predicted molar refractivity (Wildman–Crippen MR) is 109 cm³/mol. The standard InChI is InChI=1S/C19H29N3O3S.ClH/c1-12-8-14(9-18(13(12)2)26(24,25)21(3)4)19(23)22(5)17-10-15-6-7-16(11-17)20-15;/h8-9,15-17,20H,6-7,10-11H2,1-5H3;1H. The van der Waals surface area contributed by atoms with Gasteiger partial charge in [0.2, 0.25) is 10.0 Å². The molecular weight excluding hydrogens is 386 g/mol. The van der Waals surface area contributed by atoms with E-state index >= 15 is 0 Å². The first-order valence-corrected chi connectivity index (χ1v) is 10.6. The summed E-state index contributed by atoms with van der Waals surface area (Å²) in [5.41, 5.74) is 1.95. The highest BCUT2D eigenvalue weighted by atomic mass is 35.5. The molecule has 2 unspecified atom stereocenters. The minimum atomic E-state index is -3.59. The van der Waals surface area contributed by atoms with Crippen LogP contribution in [0.4, 0.5) is 0 Å². The molecular formula is C19H30ClN3O3S. The van der Waals surface area contributed by atoms with Crippen LogP contribution in [0.1, 0.15) is 47.2 Å². The SMILES string of the molecule is Cc1cc(C(=O)N(C)C2CC3CCC(C2)N3)cc(S(=O)(=O)N(C)C)c1C.Cl. The van der Waals surface area contributed by atoms with E-state index in [0.717, 1.165) is 18.4 Å². The Labute approximate surface area is 168 Å². The summed E-state index contributed by atoms with van der Waals surface area (Å²) in [7, 11) is 1.27. The number of sulfonamides is 1. The van der Waals surface area contributed by atoms with Crippen molar-refractivity contribution in [1.82, 2.24) is 14.5 Å². The van der Waals surface area contributed by atoms with Crippen LogP contribution >= 0.6 is 12.4 Å². The number of benzene rings is 1. The van der Waals surface area contributed by atoms with Crippen molar-refractivity contribution in [2.75, 3.05) is 21.1 Å². The molecule has 3 rings (SSSR count). The van der Waals surface area contributed by atoms with Crippen molar-refractivity contribution in [3.8, 4) is 0 Å². The van der Waals surface area contributed by atoms with Crippen molar-refractivity contribution in [3.05, 3.63) is 28.8 Å². The third-order valence-corrected chi connectivity index (χ3v) is 7.88. The zero-order valence-electron chi connectivity index (χ0n) is 16.7. The number of rotatable bonds is 4. The molecule has 2 bridgehead atoms. The van der Waals surface area contributed by atoms with Crippen molar-refractivity contribution in [3.63, 3.8) is 0 Å². The number of hydrogen-bond acceptors (Lipinski definition) is 4. The van der Waals surface area contributed by atoms with Crippen molar-refractivity contribution in [2.45, 2.75) is 62.6 Å². The minimum Gasteiger partial charge on any atom is -0.339 e. The summed E-state index contributed by atoms with van der Waals surface area (Å²) in [5, 5.41) is 3.59. The molecule has 152 valence electrons. The molecule has 1 aromatic carbocycles. The van der Waals surface area contributed by atoms with Crippen molar-refractivity contribution < 1.29 is 13.2 Å². The van der Waals surface area contributed by atoms with Crippen LogP contribution in [0.3, 0.4) is 0 Å². The van der Waals surface area contributed by atoms with Crippen LogP contribution in [0.5, 0.6) is 0 Å². The smallest absolute Gasteiger partial charge is 0.253 e. The molecule has 1 N–H and O–H groups in total. The Morgan fingerprint density at radius 1 is 1.07 bits per heavy atom. The molecule has 0 aliphatic carbocycles. The lowest BCUT2D eigenvalue weighted by molar-refractivity contribution is 0.0681. The van der Waals surface area contributed by atoms with Gasteiger partial charge in [-0.15, -0.1) is 12.4 Å². The molecule has 2 heterocycles. The Morgan fingerprint density at radius 3 is 2.15 bits per heavy atom. The predicted octanol–water partition coefficient (Wildman–Crippen LogP) is 2.33. The molecule has 27 heavy (non-hydrogen) atoms. The van der Waals surface area contributed by atoms with Crippen LogP contribution in [0, 0.1) is 13.8 Å². The van der Waals surface area contributed by atoms with Gasteiger partial charge in [-0.3, -0.25) is 4.79 Å². The molecule has 2 saturated heterocycles. The monoisotopic (exact) mass is 415 g/mol. The molecule has 2 fully saturated rings. The molecule has 2 aliphatic heterocycles. The van der Waals surface area contributed by atoms with Gasteiger partial charge in [-0.05, 0) is 62.8 Å². The number of aryl methyl sites for hydroxylation is 1. The highest BCUT2D eigenvalue weighted by molar-refractivity contribution is 7.89. The van der Waals surface area contributed by atoms with Gasteiger partial charge in [0.05, 0.1) is 4.90 Å². The average molecular weight is 416 g/mol. The number of hydrogen-bond donors (Lipinski definition) is 1. The second-order valence-corrected chi connectivity index (χ2v) is 10.0. The summed E-state index contributed by atoms with van der Waals surface area (Å²) in [6.07, 6.45) is 4.29. The molecule has 6 nitrogen and oxygen atoms in total. The molecule has 0 spiro atoms. The van der Waals surface area contributed by atoms with Gasteiger partial charge in [-0.1, -0.05) is 0 Å². The number of carbonyl (C=O) groups is 1. The largest absolute Gasteiger partial charge is 0.339 e. The first-order chi connectivity index (χ1) is 12.1. The number of piperidine rings is 1. The van der Waals surface area contributed by atoms with E-state index in [1.165, 1.54) is 37.3 Å². The first kappa shape index (κ1) is 22.1. The maximum Gasteiger partial charge on any atom is 0.253 e. The van der Waals surface area contributed by atoms with Crippen molar-refractivity contribution in [2.24, 2.45) is 0 Å². The number of nitrogens with one attached hydrogen (secondary N) is 1. The van der Waals surface area contributed by atoms with Gasteiger partial charge in [0.15, 0.2) is 0 Å². The number of amides is 1. The summed E-state index contributed by atoms with van der Waals surface area (Å²) in [5.74, 6) is -0.102. The van der Waals surface area contributed by atoms with Gasteiger partial charge >= 0.3 is 0 Å². The Hall–Kier alpha value is -1.15. The number of nitrogens with zero attached hydrogens (tertiary/aromatic N) is 2. The molecule has 1 amide bonds. The van der Waals surface area contributed by atoms with Crippen LogP contribution in [0.2, 0.25) is 0 Å². The quantitative estimate of drug-likeness (QED) is 0.819. The fourth-order valence-corrected chi connectivity index (χ4v) is 5.35. The second-order valence-electron chi connectivity index (χ2n) is 7.88. The topological polar surface area (TPSA) is 69.7 Å². The van der Waals surface area contributed by atoms with Crippen molar-refractivity contribution >= 4 is 28.3 Å². The van der Waals surface area contributed by atoms with Crippen LogP contribution in [0.15, 0.2) is 17.0 Å². The molecule has 2 aliphatic rings. The Balaban J connectivity index is 0.00000261. The van der Waals surface area contributed by atoms with E-state index in [4.69, 9.17) is 0 Å². The maximum absolute atomic E-state index is 13.1. The van der Waals surface area contributed by atoms with Crippen LogP contribution in [-0.4, -0.2) is 62.8 Å². The molecule has 2 atom stereocenters. The zero-order valence-corrected chi connectivity index (χ0v) is 18.3. The molecule has 0 aromatic heterocycles. The van der Waals surface area contributed by atoms with E-state index in [9.17, 15) is 13.2 Å². The summed E-state index contributed by atoms with van der Waals surface area (Å²) in [6, 6.07) is 4.54. The van der Waals surface area contributed by atoms with E-state index in [1.807, 2.05) is 18.9 Å². The van der Waals surface area contributed by atoms with E-state index in [0.29, 0.717) is 23.2 Å². The van der Waals surface area contributed by atoms with Gasteiger partial charge in [0.25, 0.3) is 5.91 Å². The third-order valence-electron chi connectivity index (χ3n) is 5.94. The number of halogens is 1. The number of fused-ring (bicyclic) bond motifs is 2. The van der Waals surface area contributed by atoms with Gasteiger partial charge < -0.3 is 10.2 Å². The van der Waals surface area contributed by atoms with E-state index in [-0.39, 0.29) is 29.3 Å². The van der Waals surface area contributed by atoms with Crippen LogP contribution in [0.25, 0.3) is 0 Å². The zero-order chi connectivity index (χ0) is 19.2. The fraction of sp³-hybridized carbons (Fsp3) is 0.632. The normalized spacial score (nSPS) is 24.6. The molecule has 0 radical (unpaired) electrons. The molecule has 8 heteroatoms. The van der Waals surface area contributed by atoms with E-state index in [1.54, 1.807) is 13.0 Å². The van der Waals surface area contributed by atoms with Gasteiger partial charge in [0, 0.05) is 44.8 Å². The Morgan fingerprint density at radius 2 is 1.63 bits per heavy atom. The third kappa shape index (κ3) is 4.16. The highest BCUT2D eigenvalue weighted by Crippen LogP contribution is 2.30. The lowest BCUT2D eigenvalue weighted by Crippen LogP contribution is -2.48. The lowest BCUT2D eigenvalue weighted by atomic mass is 9.97. The van der Waals surface area contributed by atoms with Crippen LogP contribution in [-0.2, 0) is 10.0 Å². The summed E-state index contributed by atoms with van der Waals surface area (Å²) in [4.78, 5) is 15.1. The first-order valence-electron chi connectivity index (χ1n) is 9.18. The summed E-state index contributed by atoms with van der Waals surface area (Å²) in [6.45, 7) is 3.64. The second kappa shape index (κ2) is 8.07. The lowest BCUT2D eigenvalue weighted by Gasteiger charge is -2.35. The van der Waals surface area contributed by atoms with E-state index in [2.05, 4.69) is 5.32 Å². The van der Waals surface area contributed by atoms with Gasteiger partial charge in [-0.2, -0.15) is 0 Å². The fourth-order valence-electron chi connectivity index (χ4n) is 4.13. The van der Waals surface area contributed by atoms with Gasteiger partial charge in [0.1, 0.15) is 0 Å². The van der Waals surface area contributed by atoms with Gasteiger partial charge in [-0.25, -0.2) is 12.7 Å².